The normalized spacial score (nSPS) is 16.4. The van der Waals surface area contributed by atoms with Crippen LogP contribution < -0.4 is 10.6 Å². The molecular weight excluding hydrogens is 377 g/mol. The first-order valence-corrected chi connectivity index (χ1v) is 8.50. The molecule has 4 nitrogen and oxygen atoms in total. The highest BCUT2D eigenvalue weighted by Gasteiger charge is 2.12. The minimum atomic E-state index is 0. The number of ether oxygens (including phenoxy) is 1. The maximum absolute atomic E-state index is 5.91. The Kier molecular flexibility index (Phi) is 14.9. The standard InChI is InChI=1S/C16H33N3O.HI/c1-3-5-12-18-16(17-4-2)19-13-9-14-20-15-10-7-6-8-11-15;/h15H,3-14H2,1-2H3,(H2,17,18,19);1H. The van der Waals surface area contributed by atoms with Crippen molar-refractivity contribution < 1.29 is 4.74 Å². The fourth-order valence-electron chi connectivity index (χ4n) is 2.46. The number of halogens is 1. The molecule has 1 fully saturated rings. The highest BCUT2D eigenvalue weighted by Crippen LogP contribution is 2.20. The summed E-state index contributed by atoms with van der Waals surface area (Å²) >= 11 is 0. The molecular formula is C16H34IN3O. The van der Waals surface area contributed by atoms with Gasteiger partial charge >= 0.3 is 0 Å². The second-order valence-electron chi connectivity index (χ2n) is 5.53. The SMILES string of the molecule is CCCCNC(=NCCCOC1CCCCC1)NCC.I. The Labute approximate surface area is 147 Å². The molecule has 0 aromatic carbocycles. The van der Waals surface area contributed by atoms with Gasteiger partial charge in [-0.05, 0) is 32.6 Å². The van der Waals surface area contributed by atoms with Crippen molar-refractivity contribution in [3.8, 4) is 0 Å². The molecule has 5 heteroatoms. The van der Waals surface area contributed by atoms with Crippen molar-refractivity contribution in [1.29, 1.82) is 0 Å². The first-order valence-electron chi connectivity index (χ1n) is 8.50. The van der Waals surface area contributed by atoms with E-state index in [4.69, 9.17) is 4.74 Å². The number of aliphatic imine (C=N–C) groups is 1. The summed E-state index contributed by atoms with van der Waals surface area (Å²) in [6.07, 6.45) is 10.5. The second-order valence-corrected chi connectivity index (χ2v) is 5.53. The highest BCUT2D eigenvalue weighted by atomic mass is 127. The first kappa shape index (κ1) is 21.0. The van der Waals surface area contributed by atoms with Crippen LogP contribution in [0.15, 0.2) is 4.99 Å². The highest BCUT2D eigenvalue weighted by molar-refractivity contribution is 14.0. The molecule has 0 saturated heterocycles. The lowest BCUT2D eigenvalue weighted by molar-refractivity contribution is 0.0281. The lowest BCUT2D eigenvalue weighted by atomic mass is 9.98. The third kappa shape index (κ3) is 11.2. The van der Waals surface area contributed by atoms with Crippen LogP contribution in [0.3, 0.4) is 0 Å². The fourth-order valence-corrected chi connectivity index (χ4v) is 2.46. The monoisotopic (exact) mass is 411 g/mol. The van der Waals surface area contributed by atoms with Gasteiger partial charge in [0, 0.05) is 26.2 Å². The third-order valence-electron chi connectivity index (χ3n) is 3.65. The summed E-state index contributed by atoms with van der Waals surface area (Å²) in [5, 5.41) is 6.64. The van der Waals surface area contributed by atoms with Gasteiger partial charge in [0.2, 0.25) is 0 Å². The number of unbranched alkanes of at least 4 members (excludes halogenated alkanes) is 1. The van der Waals surface area contributed by atoms with Crippen LogP contribution in [0.4, 0.5) is 0 Å². The van der Waals surface area contributed by atoms with E-state index in [1.54, 1.807) is 0 Å². The van der Waals surface area contributed by atoms with Crippen molar-refractivity contribution in [2.45, 2.75) is 71.3 Å². The van der Waals surface area contributed by atoms with Crippen LogP contribution >= 0.6 is 24.0 Å². The Morgan fingerprint density at radius 2 is 1.86 bits per heavy atom. The largest absolute Gasteiger partial charge is 0.378 e. The van der Waals surface area contributed by atoms with E-state index in [2.05, 4.69) is 29.5 Å². The zero-order chi connectivity index (χ0) is 14.5. The molecule has 0 amide bonds. The number of nitrogens with one attached hydrogen (secondary N) is 2. The molecule has 2 N–H and O–H groups in total. The Hall–Kier alpha value is -0.0400. The molecule has 126 valence electrons. The van der Waals surface area contributed by atoms with Gasteiger partial charge in [-0.15, -0.1) is 24.0 Å². The Morgan fingerprint density at radius 1 is 1.10 bits per heavy atom. The summed E-state index contributed by atoms with van der Waals surface area (Å²) in [4.78, 5) is 4.58. The topological polar surface area (TPSA) is 45.7 Å². The van der Waals surface area contributed by atoms with Crippen LogP contribution in [0.1, 0.15) is 65.2 Å². The van der Waals surface area contributed by atoms with Gasteiger partial charge in [-0.1, -0.05) is 32.6 Å². The van der Waals surface area contributed by atoms with E-state index < -0.39 is 0 Å². The van der Waals surface area contributed by atoms with E-state index in [0.717, 1.165) is 38.6 Å². The van der Waals surface area contributed by atoms with Crippen molar-refractivity contribution in [2.24, 2.45) is 4.99 Å². The van der Waals surface area contributed by atoms with E-state index in [0.29, 0.717) is 6.10 Å². The summed E-state index contributed by atoms with van der Waals surface area (Å²) in [5.41, 5.74) is 0. The summed E-state index contributed by atoms with van der Waals surface area (Å²) < 4.78 is 5.91. The number of hydrogen-bond acceptors (Lipinski definition) is 2. The Morgan fingerprint density at radius 3 is 2.52 bits per heavy atom. The van der Waals surface area contributed by atoms with Crippen LogP contribution in [-0.2, 0) is 4.74 Å². The number of rotatable bonds is 9. The zero-order valence-corrected chi connectivity index (χ0v) is 16.2. The molecule has 0 radical (unpaired) electrons. The predicted molar refractivity (Wildman–Crippen MR) is 102 cm³/mol. The molecule has 0 unspecified atom stereocenters. The molecule has 0 aromatic heterocycles. The molecule has 0 aliphatic heterocycles. The average molecular weight is 411 g/mol. The van der Waals surface area contributed by atoms with Crippen LogP contribution in [0, 0.1) is 0 Å². The Bertz CT molecular complexity index is 256. The third-order valence-corrected chi connectivity index (χ3v) is 3.65. The number of nitrogens with zero attached hydrogens (tertiary/aromatic N) is 1. The maximum atomic E-state index is 5.91. The van der Waals surface area contributed by atoms with Crippen LogP contribution in [0.5, 0.6) is 0 Å². The predicted octanol–water partition coefficient (Wildman–Crippen LogP) is 3.70. The van der Waals surface area contributed by atoms with Crippen molar-refractivity contribution in [2.75, 3.05) is 26.2 Å². The maximum Gasteiger partial charge on any atom is 0.191 e. The second kappa shape index (κ2) is 14.9. The molecule has 1 aliphatic carbocycles. The van der Waals surface area contributed by atoms with Gasteiger partial charge in [-0.3, -0.25) is 4.99 Å². The molecule has 1 rings (SSSR count). The van der Waals surface area contributed by atoms with E-state index in [1.807, 2.05) is 0 Å². The van der Waals surface area contributed by atoms with Crippen molar-refractivity contribution in [3.63, 3.8) is 0 Å². The van der Waals surface area contributed by atoms with E-state index in [9.17, 15) is 0 Å². The number of hydrogen-bond donors (Lipinski definition) is 2. The van der Waals surface area contributed by atoms with Crippen LogP contribution in [0.25, 0.3) is 0 Å². The molecule has 1 saturated carbocycles. The summed E-state index contributed by atoms with van der Waals surface area (Å²) in [6.45, 7) is 7.91. The van der Waals surface area contributed by atoms with Crippen LogP contribution in [0.2, 0.25) is 0 Å². The van der Waals surface area contributed by atoms with Gasteiger partial charge in [-0.2, -0.15) is 0 Å². The minimum Gasteiger partial charge on any atom is -0.378 e. The van der Waals surface area contributed by atoms with Gasteiger partial charge in [0.1, 0.15) is 0 Å². The first-order chi connectivity index (χ1) is 9.86. The van der Waals surface area contributed by atoms with Gasteiger partial charge in [0.15, 0.2) is 5.96 Å². The molecule has 0 atom stereocenters. The van der Waals surface area contributed by atoms with Gasteiger partial charge in [0.25, 0.3) is 0 Å². The quantitative estimate of drug-likeness (QED) is 0.263. The van der Waals surface area contributed by atoms with Gasteiger partial charge < -0.3 is 15.4 Å². The van der Waals surface area contributed by atoms with Gasteiger partial charge in [-0.25, -0.2) is 0 Å². The minimum absolute atomic E-state index is 0. The molecule has 21 heavy (non-hydrogen) atoms. The molecule has 0 aromatic rings. The summed E-state index contributed by atoms with van der Waals surface area (Å²) in [7, 11) is 0. The van der Waals surface area contributed by atoms with E-state index in [-0.39, 0.29) is 24.0 Å². The van der Waals surface area contributed by atoms with Gasteiger partial charge in [0.05, 0.1) is 6.10 Å². The fraction of sp³-hybridized carbons (Fsp3) is 0.938. The van der Waals surface area contributed by atoms with Crippen LogP contribution in [-0.4, -0.2) is 38.3 Å². The average Bonchev–Trinajstić information content (AvgIpc) is 2.48. The van der Waals surface area contributed by atoms with E-state index in [1.165, 1.54) is 44.9 Å². The molecule has 1 aliphatic rings. The zero-order valence-electron chi connectivity index (χ0n) is 13.8. The Balaban J connectivity index is 0.00000400. The lowest BCUT2D eigenvalue weighted by Gasteiger charge is -2.21. The van der Waals surface area contributed by atoms with Crippen molar-refractivity contribution in [3.05, 3.63) is 0 Å². The summed E-state index contributed by atoms with van der Waals surface area (Å²) in [6, 6.07) is 0. The number of guanidine groups is 1. The molecule has 0 heterocycles. The lowest BCUT2D eigenvalue weighted by Crippen LogP contribution is -2.37. The van der Waals surface area contributed by atoms with Crippen molar-refractivity contribution >= 4 is 29.9 Å². The smallest absolute Gasteiger partial charge is 0.191 e. The molecule has 0 bridgehead atoms. The molecule has 0 spiro atoms. The van der Waals surface area contributed by atoms with Crippen molar-refractivity contribution in [1.82, 2.24) is 10.6 Å². The summed E-state index contributed by atoms with van der Waals surface area (Å²) in [5.74, 6) is 0.943. The van der Waals surface area contributed by atoms with E-state index >= 15 is 0 Å².